The third-order valence-electron chi connectivity index (χ3n) is 3.34. The number of aromatic nitrogens is 4. The largest absolute Gasteiger partial charge is 0.235 e. The Morgan fingerprint density at radius 3 is 2.52 bits per heavy atom. The molecule has 0 aliphatic rings. The van der Waals surface area contributed by atoms with E-state index >= 15 is 0 Å². The van der Waals surface area contributed by atoms with E-state index in [9.17, 15) is 0 Å². The fourth-order valence-electron chi connectivity index (χ4n) is 2.24. The van der Waals surface area contributed by atoms with Gasteiger partial charge in [-0.1, -0.05) is 75.8 Å². The van der Waals surface area contributed by atoms with Crippen LogP contribution in [-0.2, 0) is 0 Å². The average molecular weight is 383 g/mol. The lowest BCUT2D eigenvalue weighted by atomic mass is 10.2. The van der Waals surface area contributed by atoms with Gasteiger partial charge in [0.25, 0.3) is 0 Å². The number of hydrogen-bond acceptors (Lipinski definition) is 4. The van der Waals surface area contributed by atoms with Crippen LogP contribution < -0.4 is 0 Å². The van der Waals surface area contributed by atoms with E-state index in [4.69, 9.17) is 0 Å². The molecular weight excluding hydrogens is 372 g/mol. The molecule has 0 atom stereocenters. The van der Waals surface area contributed by atoms with E-state index in [1.165, 1.54) is 11.3 Å². The van der Waals surface area contributed by atoms with Crippen LogP contribution >= 0.6 is 27.3 Å². The zero-order valence-corrected chi connectivity index (χ0v) is 14.3. The van der Waals surface area contributed by atoms with Gasteiger partial charge in [-0.05, 0) is 23.8 Å². The molecule has 0 fully saturated rings. The Kier molecular flexibility index (Phi) is 3.77. The first-order valence-electron chi connectivity index (χ1n) is 7.01. The lowest BCUT2D eigenvalue weighted by Crippen LogP contribution is -1.91. The molecule has 0 saturated carbocycles. The van der Waals surface area contributed by atoms with E-state index in [0.29, 0.717) is 0 Å². The van der Waals surface area contributed by atoms with Crippen molar-refractivity contribution in [2.45, 2.75) is 0 Å². The molecule has 6 heteroatoms. The Morgan fingerprint density at radius 2 is 1.70 bits per heavy atom. The van der Waals surface area contributed by atoms with Crippen LogP contribution in [-0.4, -0.2) is 19.8 Å². The minimum Gasteiger partial charge on any atom is -0.182 e. The predicted octanol–water partition coefficient (Wildman–Crippen LogP) is 4.79. The summed E-state index contributed by atoms with van der Waals surface area (Å²) in [6.07, 6.45) is 4.04. The molecule has 4 rings (SSSR count). The fourth-order valence-corrected chi connectivity index (χ4v) is 3.44. The Labute approximate surface area is 145 Å². The SMILES string of the molecule is Brc1ccccc1-c1nnc2sc(/C=C/c3ccccc3)nn12. The maximum Gasteiger partial charge on any atom is 0.235 e. The highest BCUT2D eigenvalue weighted by molar-refractivity contribution is 9.10. The summed E-state index contributed by atoms with van der Waals surface area (Å²) in [6, 6.07) is 18.1. The van der Waals surface area contributed by atoms with Crippen LogP contribution in [0.1, 0.15) is 10.6 Å². The molecule has 0 N–H and O–H groups in total. The zero-order chi connectivity index (χ0) is 15.6. The summed E-state index contributed by atoms with van der Waals surface area (Å²) in [6.45, 7) is 0. The number of fused-ring (bicyclic) bond motifs is 1. The average Bonchev–Trinajstić information content (AvgIpc) is 3.15. The van der Waals surface area contributed by atoms with Gasteiger partial charge in [0.2, 0.25) is 4.96 Å². The van der Waals surface area contributed by atoms with Crippen LogP contribution in [0.25, 0.3) is 28.5 Å². The first kappa shape index (κ1) is 14.3. The van der Waals surface area contributed by atoms with Gasteiger partial charge in [-0.25, -0.2) is 0 Å². The summed E-state index contributed by atoms with van der Waals surface area (Å²) in [5, 5.41) is 14.0. The molecule has 0 radical (unpaired) electrons. The molecule has 4 aromatic rings. The van der Waals surface area contributed by atoms with Crippen LogP contribution in [0.5, 0.6) is 0 Å². The molecule has 2 aromatic heterocycles. The molecule has 112 valence electrons. The second-order valence-electron chi connectivity index (χ2n) is 4.88. The minimum absolute atomic E-state index is 0.739. The van der Waals surface area contributed by atoms with E-state index in [1.54, 1.807) is 4.52 Å². The van der Waals surface area contributed by atoms with Crippen molar-refractivity contribution in [3.63, 3.8) is 0 Å². The second-order valence-corrected chi connectivity index (χ2v) is 6.72. The highest BCUT2D eigenvalue weighted by Gasteiger charge is 2.14. The maximum absolute atomic E-state index is 4.61. The summed E-state index contributed by atoms with van der Waals surface area (Å²) in [4.78, 5) is 0.781. The Morgan fingerprint density at radius 1 is 0.913 bits per heavy atom. The van der Waals surface area contributed by atoms with Crippen molar-refractivity contribution >= 4 is 44.4 Å². The number of benzene rings is 2. The van der Waals surface area contributed by atoms with Crippen molar-refractivity contribution in [2.75, 3.05) is 0 Å². The Bertz CT molecular complexity index is 988. The molecule has 0 aliphatic carbocycles. The van der Waals surface area contributed by atoms with Crippen LogP contribution in [0.4, 0.5) is 0 Å². The minimum atomic E-state index is 0.739. The molecule has 0 amide bonds. The van der Waals surface area contributed by atoms with Crippen LogP contribution in [0.2, 0.25) is 0 Å². The molecule has 0 unspecified atom stereocenters. The van der Waals surface area contributed by atoms with Gasteiger partial charge in [0.05, 0.1) is 0 Å². The molecule has 0 aliphatic heterocycles. The fraction of sp³-hybridized carbons (Fsp3) is 0. The van der Waals surface area contributed by atoms with Gasteiger partial charge in [0.15, 0.2) is 5.82 Å². The summed E-state index contributed by atoms with van der Waals surface area (Å²) in [5.41, 5.74) is 2.12. The third kappa shape index (κ3) is 2.83. The lowest BCUT2D eigenvalue weighted by molar-refractivity contribution is 0.959. The van der Waals surface area contributed by atoms with Gasteiger partial charge >= 0.3 is 0 Å². The van der Waals surface area contributed by atoms with Gasteiger partial charge < -0.3 is 0 Å². The molecule has 4 nitrogen and oxygen atoms in total. The second kappa shape index (κ2) is 6.06. The highest BCUT2D eigenvalue weighted by Crippen LogP contribution is 2.28. The third-order valence-corrected chi connectivity index (χ3v) is 4.89. The van der Waals surface area contributed by atoms with E-state index in [1.807, 2.05) is 54.6 Å². The molecule has 0 saturated heterocycles. The van der Waals surface area contributed by atoms with E-state index in [-0.39, 0.29) is 0 Å². The van der Waals surface area contributed by atoms with Gasteiger partial charge in [0.1, 0.15) is 5.01 Å². The summed E-state index contributed by atoms with van der Waals surface area (Å²) in [7, 11) is 0. The lowest BCUT2D eigenvalue weighted by Gasteiger charge is -1.99. The monoisotopic (exact) mass is 382 g/mol. The maximum atomic E-state index is 4.61. The molecular formula is C17H11BrN4S. The number of hydrogen-bond donors (Lipinski definition) is 0. The van der Waals surface area contributed by atoms with Gasteiger partial charge in [-0.2, -0.15) is 9.61 Å². The van der Waals surface area contributed by atoms with Crippen molar-refractivity contribution < 1.29 is 0 Å². The van der Waals surface area contributed by atoms with Crippen molar-refractivity contribution in [2.24, 2.45) is 0 Å². The molecule has 0 spiro atoms. The quantitative estimate of drug-likeness (QED) is 0.511. The van der Waals surface area contributed by atoms with Crippen molar-refractivity contribution in [1.82, 2.24) is 19.8 Å². The molecule has 23 heavy (non-hydrogen) atoms. The number of halogens is 1. The first-order valence-corrected chi connectivity index (χ1v) is 8.62. The topological polar surface area (TPSA) is 43.1 Å². The standard InChI is InChI=1S/C17H11BrN4S/c18-14-9-5-4-8-13(14)16-19-20-17-22(16)21-15(23-17)11-10-12-6-2-1-3-7-12/h1-11H/b11-10+. The normalized spacial score (nSPS) is 11.5. The van der Waals surface area contributed by atoms with Crippen molar-refractivity contribution in [3.05, 3.63) is 69.6 Å². The Hall–Kier alpha value is -2.31. The van der Waals surface area contributed by atoms with Gasteiger partial charge in [-0.15, -0.1) is 10.2 Å². The zero-order valence-electron chi connectivity index (χ0n) is 11.9. The van der Waals surface area contributed by atoms with E-state index in [0.717, 1.165) is 31.4 Å². The van der Waals surface area contributed by atoms with E-state index < -0.39 is 0 Å². The summed E-state index contributed by atoms with van der Waals surface area (Å²) >= 11 is 5.07. The highest BCUT2D eigenvalue weighted by atomic mass is 79.9. The van der Waals surface area contributed by atoms with Crippen molar-refractivity contribution in [1.29, 1.82) is 0 Å². The smallest absolute Gasteiger partial charge is 0.182 e. The molecule has 0 bridgehead atoms. The van der Waals surface area contributed by atoms with Crippen LogP contribution in [0.3, 0.4) is 0 Å². The van der Waals surface area contributed by atoms with Crippen LogP contribution in [0, 0.1) is 0 Å². The van der Waals surface area contributed by atoms with Gasteiger partial charge in [-0.3, -0.25) is 0 Å². The summed E-state index contributed by atoms with van der Waals surface area (Å²) < 4.78 is 2.76. The molecule has 2 heterocycles. The summed E-state index contributed by atoms with van der Waals surface area (Å²) in [5.74, 6) is 0.739. The Balaban J connectivity index is 1.73. The van der Waals surface area contributed by atoms with Crippen LogP contribution in [0.15, 0.2) is 59.1 Å². The first-order chi connectivity index (χ1) is 11.3. The predicted molar refractivity (Wildman–Crippen MR) is 97.2 cm³/mol. The number of rotatable bonds is 3. The molecule has 2 aromatic carbocycles. The van der Waals surface area contributed by atoms with Gasteiger partial charge in [0, 0.05) is 10.0 Å². The number of nitrogens with zero attached hydrogens (tertiary/aromatic N) is 4. The van der Waals surface area contributed by atoms with Crippen molar-refractivity contribution in [3.8, 4) is 11.4 Å². The van der Waals surface area contributed by atoms with E-state index in [2.05, 4.69) is 43.4 Å².